The van der Waals surface area contributed by atoms with Crippen molar-refractivity contribution >= 4 is 0 Å². The van der Waals surface area contributed by atoms with Crippen LogP contribution in [0.2, 0.25) is 0 Å². The first-order chi connectivity index (χ1) is 6.61. The van der Waals surface area contributed by atoms with Gasteiger partial charge in [0.05, 0.1) is 0 Å². The maximum absolute atomic E-state index is 11.7. The number of rotatable bonds is 2. The first kappa shape index (κ1) is 9.50. The quantitative estimate of drug-likeness (QED) is 0.703. The van der Waals surface area contributed by atoms with Gasteiger partial charge in [0.1, 0.15) is 0 Å². The second-order valence-electron chi connectivity index (χ2n) is 4.79. The lowest BCUT2D eigenvalue weighted by Gasteiger charge is -2.38. The van der Waals surface area contributed by atoms with Crippen molar-refractivity contribution in [1.29, 1.82) is 0 Å². The maximum atomic E-state index is 11.7. The van der Waals surface area contributed by atoms with Crippen molar-refractivity contribution in [3.8, 4) is 0 Å². The van der Waals surface area contributed by atoms with E-state index in [1.807, 2.05) is 29.8 Å². The third-order valence-corrected chi connectivity index (χ3v) is 3.32. The normalized spacial score (nSPS) is 19.0. The minimum atomic E-state index is 0.167. The largest absolute Gasteiger partial charge is 0.315 e. The highest BCUT2D eigenvalue weighted by molar-refractivity contribution is 5.08. The summed E-state index contributed by atoms with van der Waals surface area (Å²) in [5, 5.41) is 0. The molecule has 0 saturated heterocycles. The Kier molecular flexibility index (Phi) is 2.22. The molecule has 0 spiro atoms. The van der Waals surface area contributed by atoms with E-state index in [-0.39, 0.29) is 5.56 Å². The molecule has 14 heavy (non-hydrogen) atoms. The van der Waals surface area contributed by atoms with E-state index in [1.54, 1.807) is 0 Å². The van der Waals surface area contributed by atoms with Crippen molar-refractivity contribution in [3.63, 3.8) is 0 Å². The van der Waals surface area contributed by atoms with Gasteiger partial charge < -0.3 is 4.57 Å². The molecule has 1 saturated carbocycles. The summed E-state index contributed by atoms with van der Waals surface area (Å²) in [7, 11) is 0. The van der Waals surface area contributed by atoms with Crippen molar-refractivity contribution < 1.29 is 0 Å². The molecule has 2 rings (SSSR count). The van der Waals surface area contributed by atoms with Gasteiger partial charge in [-0.3, -0.25) is 4.79 Å². The van der Waals surface area contributed by atoms with E-state index in [2.05, 4.69) is 6.92 Å². The smallest absolute Gasteiger partial charge is 0.253 e. The molecular weight excluding hydrogens is 174 g/mol. The van der Waals surface area contributed by atoms with Crippen LogP contribution >= 0.6 is 0 Å². The molecule has 0 aliphatic heterocycles. The summed E-state index contributed by atoms with van der Waals surface area (Å²) < 4.78 is 1.86. The van der Waals surface area contributed by atoms with Gasteiger partial charge in [-0.15, -0.1) is 0 Å². The van der Waals surface area contributed by atoms with E-state index in [9.17, 15) is 4.79 Å². The summed E-state index contributed by atoms with van der Waals surface area (Å²) in [4.78, 5) is 11.7. The fourth-order valence-corrected chi connectivity index (χ4v) is 2.13. The van der Waals surface area contributed by atoms with Crippen molar-refractivity contribution in [1.82, 2.24) is 4.57 Å². The summed E-state index contributed by atoms with van der Waals surface area (Å²) in [5.41, 5.74) is 1.38. The van der Waals surface area contributed by atoms with Crippen LogP contribution in [0.1, 0.15) is 31.7 Å². The minimum absolute atomic E-state index is 0.167. The van der Waals surface area contributed by atoms with Gasteiger partial charge in [0.2, 0.25) is 0 Å². The molecule has 1 aromatic heterocycles. The molecule has 76 valence electrons. The zero-order valence-corrected chi connectivity index (χ0v) is 8.92. The molecule has 1 aliphatic carbocycles. The standard InChI is InChI=1S/C12H17NO/c1-10-5-3-8-13(11(10)14)9-12(2)6-4-7-12/h3,5,8H,4,6-7,9H2,1-2H3. The maximum Gasteiger partial charge on any atom is 0.253 e. The fraction of sp³-hybridized carbons (Fsp3) is 0.583. The van der Waals surface area contributed by atoms with Crippen molar-refractivity contribution in [3.05, 3.63) is 34.2 Å². The number of pyridine rings is 1. The van der Waals surface area contributed by atoms with Crippen LogP contribution < -0.4 is 5.56 Å². The predicted molar refractivity (Wildman–Crippen MR) is 57.4 cm³/mol. The lowest BCUT2D eigenvalue weighted by atomic mass is 9.70. The Bertz CT molecular complexity index is 388. The van der Waals surface area contributed by atoms with Gasteiger partial charge in [-0.05, 0) is 31.2 Å². The summed E-state index contributed by atoms with van der Waals surface area (Å²) in [6.07, 6.45) is 5.73. The molecule has 0 radical (unpaired) electrons. The Labute approximate surface area is 84.6 Å². The molecule has 2 heteroatoms. The van der Waals surface area contributed by atoms with Crippen molar-refractivity contribution in [2.24, 2.45) is 5.41 Å². The van der Waals surface area contributed by atoms with Crippen molar-refractivity contribution in [2.75, 3.05) is 0 Å². The zero-order chi connectivity index (χ0) is 10.2. The average Bonchev–Trinajstić information content (AvgIpc) is 2.10. The molecule has 0 atom stereocenters. The number of aromatic nitrogens is 1. The van der Waals surface area contributed by atoms with Gasteiger partial charge in [-0.1, -0.05) is 19.4 Å². The molecule has 0 N–H and O–H groups in total. The van der Waals surface area contributed by atoms with Gasteiger partial charge in [-0.25, -0.2) is 0 Å². The van der Waals surface area contributed by atoms with Crippen LogP contribution in [0.15, 0.2) is 23.1 Å². The molecule has 1 fully saturated rings. The Balaban J connectivity index is 2.25. The van der Waals surface area contributed by atoms with E-state index in [0.29, 0.717) is 5.41 Å². The van der Waals surface area contributed by atoms with Crippen LogP contribution in [0, 0.1) is 12.3 Å². The van der Waals surface area contributed by atoms with Gasteiger partial charge in [0.25, 0.3) is 5.56 Å². The molecule has 1 heterocycles. The second-order valence-corrected chi connectivity index (χ2v) is 4.79. The Hall–Kier alpha value is -1.05. The first-order valence-corrected chi connectivity index (χ1v) is 5.27. The lowest BCUT2D eigenvalue weighted by Crippen LogP contribution is -2.35. The van der Waals surface area contributed by atoms with Crippen LogP contribution in [0.5, 0.6) is 0 Å². The van der Waals surface area contributed by atoms with E-state index >= 15 is 0 Å². The predicted octanol–water partition coefficient (Wildman–Crippen LogP) is 2.35. The van der Waals surface area contributed by atoms with Crippen molar-refractivity contribution in [2.45, 2.75) is 39.7 Å². The van der Waals surface area contributed by atoms with Crippen LogP contribution in [0.3, 0.4) is 0 Å². The van der Waals surface area contributed by atoms with E-state index in [4.69, 9.17) is 0 Å². The highest BCUT2D eigenvalue weighted by Gasteiger charge is 2.32. The molecule has 0 amide bonds. The zero-order valence-electron chi connectivity index (χ0n) is 8.92. The minimum Gasteiger partial charge on any atom is -0.315 e. The molecule has 1 aliphatic rings. The topological polar surface area (TPSA) is 22.0 Å². The molecule has 0 aromatic carbocycles. The Morgan fingerprint density at radius 1 is 1.50 bits per heavy atom. The number of aryl methyl sites for hydroxylation is 1. The van der Waals surface area contributed by atoms with Crippen LogP contribution in [-0.2, 0) is 6.54 Å². The summed E-state index contributed by atoms with van der Waals surface area (Å²) >= 11 is 0. The van der Waals surface area contributed by atoms with Crippen LogP contribution in [0.25, 0.3) is 0 Å². The van der Waals surface area contributed by atoms with Gasteiger partial charge in [0, 0.05) is 18.3 Å². The Morgan fingerprint density at radius 3 is 2.79 bits per heavy atom. The van der Waals surface area contributed by atoms with Crippen LogP contribution in [-0.4, -0.2) is 4.57 Å². The molecule has 1 aromatic rings. The summed E-state index contributed by atoms with van der Waals surface area (Å²) in [6.45, 7) is 5.03. The van der Waals surface area contributed by atoms with E-state index in [0.717, 1.165) is 12.1 Å². The first-order valence-electron chi connectivity index (χ1n) is 5.27. The highest BCUT2D eigenvalue weighted by atomic mass is 16.1. The molecule has 2 nitrogen and oxygen atoms in total. The number of hydrogen-bond donors (Lipinski definition) is 0. The van der Waals surface area contributed by atoms with Crippen LogP contribution in [0.4, 0.5) is 0 Å². The summed E-state index contributed by atoms with van der Waals surface area (Å²) in [5.74, 6) is 0. The second kappa shape index (κ2) is 3.26. The van der Waals surface area contributed by atoms with Gasteiger partial charge in [-0.2, -0.15) is 0 Å². The average molecular weight is 191 g/mol. The summed E-state index contributed by atoms with van der Waals surface area (Å²) in [6, 6.07) is 3.83. The van der Waals surface area contributed by atoms with Gasteiger partial charge >= 0.3 is 0 Å². The fourth-order valence-electron chi connectivity index (χ4n) is 2.13. The SMILES string of the molecule is Cc1cccn(CC2(C)CCC2)c1=O. The van der Waals surface area contributed by atoms with E-state index < -0.39 is 0 Å². The number of hydrogen-bond acceptors (Lipinski definition) is 1. The third-order valence-electron chi connectivity index (χ3n) is 3.32. The lowest BCUT2D eigenvalue weighted by molar-refractivity contribution is 0.130. The molecule has 0 bridgehead atoms. The Morgan fingerprint density at radius 2 is 2.21 bits per heavy atom. The molecule has 0 unspecified atom stereocenters. The number of nitrogens with zero attached hydrogens (tertiary/aromatic N) is 1. The van der Waals surface area contributed by atoms with E-state index in [1.165, 1.54) is 19.3 Å². The monoisotopic (exact) mass is 191 g/mol. The third kappa shape index (κ3) is 1.61. The van der Waals surface area contributed by atoms with Gasteiger partial charge in [0.15, 0.2) is 0 Å². The molecular formula is C12H17NO. The highest BCUT2D eigenvalue weighted by Crippen LogP contribution is 2.41.